The van der Waals surface area contributed by atoms with Crippen LogP contribution in [0.25, 0.3) is 5.69 Å². The SMILES string of the molecule is Cc1nc(CNC(=O)c2cnn(-c3ccc(Br)cc3)c2)cs1. The molecule has 0 unspecified atom stereocenters. The van der Waals surface area contributed by atoms with Crippen LogP contribution in [0.2, 0.25) is 0 Å². The van der Waals surface area contributed by atoms with E-state index in [1.54, 1.807) is 28.4 Å². The van der Waals surface area contributed by atoms with E-state index in [1.165, 1.54) is 0 Å². The number of halogens is 1. The molecule has 0 spiro atoms. The maximum Gasteiger partial charge on any atom is 0.254 e. The number of rotatable bonds is 4. The number of hydrogen-bond donors (Lipinski definition) is 1. The molecule has 0 fully saturated rings. The summed E-state index contributed by atoms with van der Waals surface area (Å²) in [6.07, 6.45) is 3.27. The number of thiazole rings is 1. The monoisotopic (exact) mass is 376 g/mol. The smallest absolute Gasteiger partial charge is 0.254 e. The lowest BCUT2D eigenvalue weighted by molar-refractivity contribution is 0.0950. The first-order valence-corrected chi connectivity index (χ1v) is 8.29. The fraction of sp³-hybridized carbons (Fsp3) is 0.133. The Morgan fingerprint density at radius 1 is 1.36 bits per heavy atom. The molecule has 1 amide bonds. The fourth-order valence-electron chi connectivity index (χ4n) is 1.94. The third-order valence-corrected chi connectivity index (χ3v) is 4.38. The first-order chi connectivity index (χ1) is 10.6. The van der Waals surface area contributed by atoms with E-state index in [0.717, 1.165) is 20.9 Å². The molecule has 5 nitrogen and oxygen atoms in total. The van der Waals surface area contributed by atoms with Gasteiger partial charge in [0.1, 0.15) is 0 Å². The summed E-state index contributed by atoms with van der Waals surface area (Å²) in [7, 11) is 0. The predicted molar refractivity (Wildman–Crippen MR) is 89.3 cm³/mol. The van der Waals surface area contributed by atoms with Crippen LogP contribution < -0.4 is 5.32 Å². The van der Waals surface area contributed by atoms with Crippen molar-refractivity contribution in [1.82, 2.24) is 20.1 Å². The summed E-state index contributed by atoms with van der Waals surface area (Å²) >= 11 is 4.96. The minimum atomic E-state index is -0.158. The summed E-state index contributed by atoms with van der Waals surface area (Å²) in [6, 6.07) is 7.72. The number of amides is 1. The van der Waals surface area contributed by atoms with Crippen molar-refractivity contribution >= 4 is 33.2 Å². The minimum absolute atomic E-state index is 0.158. The molecule has 2 heterocycles. The van der Waals surface area contributed by atoms with E-state index in [2.05, 4.69) is 31.3 Å². The molecule has 3 rings (SSSR count). The Kier molecular flexibility index (Phi) is 4.35. The molecule has 0 bridgehead atoms. The summed E-state index contributed by atoms with van der Waals surface area (Å²) in [6.45, 7) is 2.37. The van der Waals surface area contributed by atoms with Crippen molar-refractivity contribution < 1.29 is 4.79 Å². The molecule has 112 valence electrons. The minimum Gasteiger partial charge on any atom is -0.346 e. The molecule has 0 saturated carbocycles. The van der Waals surface area contributed by atoms with Gasteiger partial charge in [0.05, 0.1) is 34.7 Å². The normalized spacial score (nSPS) is 10.6. The fourth-order valence-corrected chi connectivity index (χ4v) is 2.81. The number of nitrogens with one attached hydrogen (secondary N) is 1. The van der Waals surface area contributed by atoms with Crippen LogP contribution in [0.4, 0.5) is 0 Å². The van der Waals surface area contributed by atoms with Crippen molar-refractivity contribution in [2.24, 2.45) is 0 Å². The van der Waals surface area contributed by atoms with Gasteiger partial charge >= 0.3 is 0 Å². The number of carbonyl (C=O) groups excluding carboxylic acids is 1. The number of aromatic nitrogens is 3. The Hall–Kier alpha value is -1.99. The second-order valence-corrected chi connectivity index (χ2v) is 6.67. The second-order valence-electron chi connectivity index (χ2n) is 4.69. The van der Waals surface area contributed by atoms with Gasteiger partial charge in [-0.15, -0.1) is 11.3 Å². The molecule has 0 saturated heterocycles. The van der Waals surface area contributed by atoms with E-state index in [1.807, 2.05) is 36.6 Å². The molecule has 1 aromatic carbocycles. The lowest BCUT2D eigenvalue weighted by atomic mass is 10.3. The van der Waals surface area contributed by atoms with Gasteiger partial charge in [0.25, 0.3) is 5.91 Å². The average Bonchev–Trinajstić information content (AvgIpc) is 3.15. The third kappa shape index (κ3) is 3.42. The highest BCUT2D eigenvalue weighted by Gasteiger charge is 2.10. The van der Waals surface area contributed by atoms with E-state index in [-0.39, 0.29) is 5.91 Å². The number of hydrogen-bond acceptors (Lipinski definition) is 4. The van der Waals surface area contributed by atoms with Gasteiger partial charge in [-0.1, -0.05) is 15.9 Å². The van der Waals surface area contributed by atoms with Crippen molar-refractivity contribution in [3.05, 3.63) is 62.8 Å². The van der Waals surface area contributed by atoms with Crippen molar-refractivity contribution in [3.8, 4) is 5.69 Å². The average molecular weight is 377 g/mol. The zero-order chi connectivity index (χ0) is 15.5. The molecule has 1 N–H and O–H groups in total. The van der Waals surface area contributed by atoms with E-state index in [4.69, 9.17) is 0 Å². The van der Waals surface area contributed by atoms with E-state index in [9.17, 15) is 4.79 Å². The Balaban J connectivity index is 1.67. The van der Waals surface area contributed by atoms with E-state index >= 15 is 0 Å². The van der Waals surface area contributed by atoms with Crippen molar-refractivity contribution in [1.29, 1.82) is 0 Å². The zero-order valence-electron chi connectivity index (χ0n) is 11.8. The van der Waals surface area contributed by atoms with Crippen LogP contribution in [-0.4, -0.2) is 20.7 Å². The third-order valence-electron chi connectivity index (χ3n) is 3.03. The van der Waals surface area contributed by atoms with Crippen LogP contribution >= 0.6 is 27.3 Å². The summed E-state index contributed by atoms with van der Waals surface area (Å²) in [5.74, 6) is -0.158. The van der Waals surface area contributed by atoms with Gasteiger partial charge in [-0.05, 0) is 31.2 Å². The number of benzene rings is 1. The predicted octanol–water partition coefficient (Wildman–Crippen LogP) is 3.33. The van der Waals surface area contributed by atoms with Crippen LogP contribution in [-0.2, 0) is 6.54 Å². The molecule has 7 heteroatoms. The van der Waals surface area contributed by atoms with Crippen LogP contribution in [0.3, 0.4) is 0 Å². The quantitative estimate of drug-likeness (QED) is 0.759. The molecule has 0 aliphatic carbocycles. The summed E-state index contributed by atoms with van der Waals surface area (Å²) in [5, 5.41) is 10.0. The van der Waals surface area contributed by atoms with Gasteiger partial charge in [0.2, 0.25) is 0 Å². The van der Waals surface area contributed by atoms with Crippen molar-refractivity contribution in [2.45, 2.75) is 13.5 Å². The van der Waals surface area contributed by atoms with Crippen molar-refractivity contribution in [2.75, 3.05) is 0 Å². The van der Waals surface area contributed by atoms with E-state index < -0.39 is 0 Å². The van der Waals surface area contributed by atoms with Gasteiger partial charge in [-0.3, -0.25) is 4.79 Å². The van der Waals surface area contributed by atoms with E-state index in [0.29, 0.717) is 12.1 Å². The van der Waals surface area contributed by atoms with Crippen LogP contribution in [0.5, 0.6) is 0 Å². The molecular weight excluding hydrogens is 364 g/mol. The van der Waals surface area contributed by atoms with Crippen molar-refractivity contribution in [3.63, 3.8) is 0 Å². The molecule has 0 aliphatic rings. The van der Waals surface area contributed by atoms with Gasteiger partial charge in [0, 0.05) is 16.0 Å². The Bertz CT molecular complexity index is 794. The Morgan fingerprint density at radius 3 is 2.82 bits per heavy atom. The number of carbonyl (C=O) groups is 1. The molecule has 3 aromatic rings. The summed E-state index contributed by atoms with van der Waals surface area (Å²) in [4.78, 5) is 16.4. The molecule has 2 aromatic heterocycles. The lowest BCUT2D eigenvalue weighted by Crippen LogP contribution is -2.22. The highest BCUT2D eigenvalue weighted by molar-refractivity contribution is 9.10. The first-order valence-electron chi connectivity index (χ1n) is 6.61. The summed E-state index contributed by atoms with van der Waals surface area (Å²) < 4.78 is 2.67. The first kappa shape index (κ1) is 14.9. The van der Waals surface area contributed by atoms with Crippen LogP contribution in [0.15, 0.2) is 46.5 Å². The highest BCUT2D eigenvalue weighted by atomic mass is 79.9. The topological polar surface area (TPSA) is 59.8 Å². The zero-order valence-corrected chi connectivity index (χ0v) is 14.2. The molecule has 0 atom stereocenters. The molecule has 0 radical (unpaired) electrons. The molecule has 22 heavy (non-hydrogen) atoms. The highest BCUT2D eigenvalue weighted by Crippen LogP contribution is 2.14. The van der Waals surface area contributed by atoms with Crippen LogP contribution in [0, 0.1) is 6.92 Å². The maximum absolute atomic E-state index is 12.1. The van der Waals surface area contributed by atoms with Gasteiger partial charge in [-0.2, -0.15) is 5.10 Å². The largest absolute Gasteiger partial charge is 0.346 e. The van der Waals surface area contributed by atoms with Crippen LogP contribution in [0.1, 0.15) is 21.1 Å². The lowest BCUT2D eigenvalue weighted by Gasteiger charge is -2.01. The van der Waals surface area contributed by atoms with Gasteiger partial charge < -0.3 is 5.32 Å². The molecular formula is C15H13BrN4OS. The standard InChI is InChI=1S/C15H13BrN4OS/c1-10-19-13(9-22-10)7-17-15(21)11-6-18-20(8-11)14-4-2-12(16)3-5-14/h2-6,8-9H,7H2,1H3,(H,17,21). The molecule has 0 aliphatic heterocycles. The Morgan fingerprint density at radius 2 is 2.14 bits per heavy atom. The number of nitrogens with zero attached hydrogens (tertiary/aromatic N) is 3. The Labute approximate surface area is 140 Å². The van der Waals surface area contributed by atoms with Gasteiger partial charge in [-0.25, -0.2) is 9.67 Å². The number of aryl methyl sites for hydroxylation is 1. The summed E-state index contributed by atoms with van der Waals surface area (Å²) in [5.41, 5.74) is 2.29. The van der Waals surface area contributed by atoms with Gasteiger partial charge in [0.15, 0.2) is 0 Å². The second kappa shape index (κ2) is 6.41. The maximum atomic E-state index is 12.1.